The van der Waals surface area contributed by atoms with Gasteiger partial charge in [-0.05, 0) is 38.2 Å². The number of benzene rings is 1. The van der Waals surface area contributed by atoms with Gasteiger partial charge < -0.3 is 10.6 Å². The fourth-order valence-corrected chi connectivity index (χ4v) is 1.50. The van der Waals surface area contributed by atoms with Crippen molar-refractivity contribution in [2.45, 2.75) is 12.5 Å². The van der Waals surface area contributed by atoms with E-state index in [0.29, 0.717) is 12.6 Å². The lowest BCUT2D eigenvalue weighted by Crippen LogP contribution is -2.36. The molecule has 0 amide bonds. The molecule has 0 aromatic heterocycles. The monoisotopic (exact) mass is 212 g/mol. The van der Waals surface area contributed by atoms with Crippen LogP contribution in [0.25, 0.3) is 0 Å². The summed E-state index contributed by atoms with van der Waals surface area (Å²) in [5.41, 5.74) is 6.96. The lowest BCUT2D eigenvalue weighted by molar-refractivity contribution is 0.298. The molecule has 0 heterocycles. The van der Waals surface area contributed by atoms with Crippen molar-refractivity contribution < 1.29 is 0 Å². The number of nitrogens with two attached hydrogens (primary N) is 1. The third-order valence-corrected chi connectivity index (χ3v) is 2.64. The molecule has 0 aliphatic carbocycles. The smallest absolute Gasteiger partial charge is 0.0406 e. The van der Waals surface area contributed by atoms with E-state index in [9.17, 15) is 0 Å². The molecule has 0 radical (unpaired) electrons. The topological polar surface area (TPSA) is 29.3 Å². The molecule has 1 aromatic carbocycles. The van der Waals surface area contributed by atoms with Crippen molar-refractivity contribution in [3.63, 3.8) is 0 Å². The zero-order valence-electron chi connectivity index (χ0n) is 8.70. The van der Waals surface area contributed by atoms with E-state index in [0.717, 1.165) is 11.4 Å². The Labute approximate surface area is 90.7 Å². The molecule has 2 nitrogen and oxygen atoms in total. The Kier molecular flexibility index (Phi) is 4.39. The number of nitrogens with zero attached hydrogens (tertiary/aromatic N) is 1. The van der Waals surface area contributed by atoms with E-state index in [1.807, 2.05) is 26.2 Å². The summed E-state index contributed by atoms with van der Waals surface area (Å²) < 4.78 is 0. The van der Waals surface area contributed by atoms with Crippen molar-refractivity contribution >= 4 is 11.6 Å². The fraction of sp³-hybridized carbons (Fsp3) is 0.455. The Balaban J connectivity index is 2.63. The van der Waals surface area contributed by atoms with Crippen molar-refractivity contribution in [3.8, 4) is 0 Å². The maximum atomic E-state index is 5.81. The molecular weight excluding hydrogens is 196 g/mol. The zero-order chi connectivity index (χ0) is 10.6. The highest BCUT2D eigenvalue weighted by Crippen LogP contribution is 2.11. The van der Waals surface area contributed by atoms with Crippen LogP contribution in [0.3, 0.4) is 0 Å². The predicted molar refractivity (Wildman–Crippen MR) is 61.7 cm³/mol. The number of likely N-dealkylation sites (N-methyl/N-ethyl adjacent to an activating group) is 1. The minimum absolute atomic E-state index is 0.399. The molecule has 3 heteroatoms. The average Bonchev–Trinajstić information content (AvgIpc) is 2.16. The number of rotatable bonds is 4. The van der Waals surface area contributed by atoms with Crippen LogP contribution in [0.5, 0.6) is 0 Å². The summed E-state index contributed by atoms with van der Waals surface area (Å²) in [5, 5.41) is 0.780. The first-order valence-electron chi connectivity index (χ1n) is 4.74. The van der Waals surface area contributed by atoms with Crippen LogP contribution in [0.2, 0.25) is 5.02 Å². The average molecular weight is 213 g/mol. The maximum absolute atomic E-state index is 5.81. The highest BCUT2D eigenvalue weighted by atomic mass is 35.5. The largest absolute Gasteiger partial charge is 0.329 e. The minimum Gasteiger partial charge on any atom is -0.329 e. The Morgan fingerprint density at radius 3 is 2.29 bits per heavy atom. The van der Waals surface area contributed by atoms with E-state index in [2.05, 4.69) is 17.0 Å². The molecule has 0 aliphatic rings. The van der Waals surface area contributed by atoms with E-state index in [-0.39, 0.29) is 0 Å². The predicted octanol–water partition coefficient (Wildman–Crippen LogP) is 1.77. The second-order valence-electron chi connectivity index (χ2n) is 3.68. The van der Waals surface area contributed by atoms with E-state index < -0.39 is 0 Å². The molecule has 2 N–H and O–H groups in total. The van der Waals surface area contributed by atoms with Crippen LogP contribution < -0.4 is 5.73 Å². The summed E-state index contributed by atoms with van der Waals surface area (Å²) in [6.07, 6.45) is 0.973. The van der Waals surface area contributed by atoms with Gasteiger partial charge in [-0.15, -0.1) is 0 Å². The molecule has 1 atom stereocenters. The Hall–Kier alpha value is -0.570. The van der Waals surface area contributed by atoms with Crippen molar-refractivity contribution in [3.05, 3.63) is 34.9 Å². The van der Waals surface area contributed by atoms with Gasteiger partial charge in [0.05, 0.1) is 0 Å². The summed E-state index contributed by atoms with van der Waals surface area (Å²) >= 11 is 5.81. The van der Waals surface area contributed by atoms with Gasteiger partial charge in [0.2, 0.25) is 0 Å². The Morgan fingerprint density at radius 2 is 1.86 bits per heavy atom. The number of hydrogen-bond donors (Lipinski definition) is 1. The van der Waals surface area contributed by atoms with Crippen molar-refractivity contribution in [1.82, 2.24) is 4.90 Å². The number of halogens is 1. The van der Waals surface area contributed by atoms with Crippen LogP contribution in [0.15, 0.2) is 24.3 Å². The molecular formula is C11H17ClN2. The zero-order valence-corrected chi connectivity index (χ0v) is 9.46. The van der Waals surface area contributed by atoms with E-state index in [4.69, 9.17) is 17.3 Å². The molecule has 0 aliphatic heterocycles. The molecule has 14 heavy (non-hydrogen) atoms. The fourth-order valence-electron chi connectivity index (χ4n) is 1.37. The van der Waals surface area contributed by atoms with Gasteiger partial charge in [0, 0.05) is 17.6 Å². The van der Waals surface area contributed by atoms with Gasteiger partial charge >= 0.3 is 0 Å². The van der Waals surface area contributed by atoms with Gasteiger partial charge in [-0.3, -0.25) is 0 Å². The molecule has 1 rings (SSSR count). The van der Waals surface area contributed by atoms with Crippen LogP contribution in [0.4, 0.5) is 0 Å². The second-order valence-corrected chi connectivity index (χ2v) is 4.12. The molecule has 1 aromatic rings. The summed E-state index contributed by atoms with van der Waals surface area (Å²) in [6.45, 7) is 0.676. The molecule has 0 saturated carbocycles. The molecule has 0 spiro atoms. The van der Waals surface area contributed by atoms with Crippen LogP contribution >= 0.6 is 11.6 Å². The highest BCUT2D eigenvalue weighted by Gasteiger charge is 2.09. The Bertz CT molecular complexity index is 269. The maximum Gasteiger partial charge on any atom is 0.0406 e. The van der Waals surface area contributed by atoms with Gasteiger partial charge in [-0.1, -0.05) is 23.7 Å². The molecule has 78 valence electrons. The Morgan fingerprint density at radius 1 is 1.29 bits per heavy atom. The molecule has 1 unspecified atom stereocenters. The van der Waals surface area contributed by atoms with E-state index >= 15 is 0 Å². The van der Waals surface area contributed by atoms with Crippen molar-refractivity contribution in [1.29, 1.82) is 0 Å². The summed E-state index contributed by atoms with van der Waals surface area (Å²) in [6, 6.07) is 8.33. The third-order valence-electron chi connectivity index (χ3n) is 2.39. The molecule has 0 bridgehead atoms. The van der Waals surface area contributed by atoms with Gasteiger partial charge in [-0.2, -0.15) is 0 Å². The first-order valence-corrected chi connectivity index (χ1v) is 5.12. The quantitative estimate of drug-likeness (QED) is 0.825. The first kappa shape index (κ1) is 11.5. The lowest BCUT2D eigenvalue weighted by atomic mass is 10.1. The summed E-state index contributed by atoms with van der Waals surface area (Å²) in [4.78, 5) is 2.15. The first-order chi connectivity index (χ1) is 6.63. The van der Waals surface area contributed by atoms with Gasteiger partial charge in [0.1, 0.15) is 0 Å². The lowest BCUT2D eigenvalue weighted by Gasteiger charge is -2.22. The summed E-state index contributed by atoms with van der Waals surface area (Å²) in [5.74, 6) is 0. The van der Waals surface area contributed by atoms with E-state index in [1.165, 1.54) is 5.56 Å². The summed E-state index contributed by atoms with van der Waals surface area (Å²) in [7, 11) is 4.10. The van der Waals surface area contributed by atoms with Crippen LogP contribution in [0, 0.1) is 0 Å². The van der Waals surface area contributed by atoms with Gasteiger partial charge in [0.15, 0.2) is 0 Å². The molecule has 0 fully saturated rings. The molecule has 0 saturated heterocycles. The second kappa shape index (κ2) is 5.35. The van der Waals surface area contributed by atoms with Crippen LogP contribution in [-0.4, -0.2) is 31.6 Å². The number of hydrogen-bond acceptors (Lipinski definition) is 2. The van der Waals surface area contributed by atoms with E-state index in [1.54, 1.807) is 0 Å². The normalized spacial score (nSPS) is 13.2. The van der Waals surface area contributed by atoms with Gasteiger partial charge in [0.25, 0.3) is 0 Å². The SMILES string of the molecule is CN(C)C(CN)Cc1ccc(Cl)cc1. The highest BCUT2D eigenvalue weighted by molar-refractivity contribution is 6.30. The van der Waals surface area contributed by atoms with Gasteiger partial charge in [-0.25, -0.2) is 0 Å². The van der Waals surface area contributed by atoms with Crippen LogP contribution in [-0.2, 0) is 6.42 Å². The van der Waals surface area contributed by atoms with Crippen molar-refractivity contribution in [2.24, 2.45) is 5.73 Å². The third kappa shape index (κ3) is 3.29. The van der Waals surface area contributed by atoms with Crippen molar-refractivity contribution in [2.75, 3.05) is 20.6 Å². The minimum atomic E-state index is 0.399. The standard InChI is InChI=1S/C11H17ClN2/c1-14(2)11(8-13)7-9-3-5-10(12)6-4-9/h3-6,11H,7-8,13H2,1-2H3. The van der Waals surface area contributed by atoms with Crippen LogP contribution in [0.1, 0.15) is 5.56 Å².